The minimum absolute atomic E-state index is 0.119. The number of carbonyl (C=O) groups excluding carboxylic acids is 2. The number of hydrogen-bond acceptors (Lipinski definition) is 6. The summed E-state index contributed by atoms with van der Waals surface area (Å²) in [6.45, 7) is 1.98. The molecule has 1 aliphatic rings. The largest absolute Gasteiger partial charge is 0.495 e. The van der Waals surface area contributed by atoms with Crippen LogP contribution >= 0.6 is 0 Å². The van der Waals surface area contributed by atoms with Crippen molar-refractivity contribution < 1.29 is 22.7 Å². The van der Waals surface area contributed by atoms with Gasteiger partial charge in [0.2, 0.25) is 15.9 Å². The molecule has 0 aliphatic carbocycles. The van der Waals surface area contributed by atoms with Crippen molar-refractivity contribution in [2.24, 2.45) is 0 Å². The van der Waals surface area contributed by atoms with E-state index in [9.17, 15) is 18.0 Å². The predicted octanol–water partition coefficient (Wildman–Crippen LogP) is 2.29. The van der Waals surface area contributed by atoms with E-state index in [1.165, 1.54) is 0 Å². The molecule has 1 atom stereocenters. The summed E-state index contributed by atoms with van der Waals surface area (Å²) in [6, 6.07) is 13.7. The Kier molecular flexibility index (Phi) is 8.43. The summed E-state index contributed by atoms with van der Waals surface area (Å²) < 4.78 is 30.8. The molecule has 33 heavy (non-hydrogen) atoms. The number of nitrogens with one attached hydrogen (secondary N) is 3. The normalized spacial score (nSPS) is 16.7. The molecule has 0 radical (unpaired) electrons. The van der Waals surface area contributed by atoms with E-state index < -0.39 is 10.0 Å². The van der Waals surface area contributed by atoms with Gasteiger partial charge < -0.3 is 20.3 Å². The standard InChI is InChI=1S/C23H30N4O5S/c1-32-21-8-4-3-7-20(21)25-23(29)17-9-11-18(12-10-17)24-22(28)13-15-27-14-5-6-19(16-27)26-33(2,30)31/h3-4,7-12,19,26H,5-6,13-16H2,1-2H3,(H,24,28)(H,25,29). The molecule has 0 bridgehead atoms. The third-order valence-electron chi connectivity index (χ3n) is 5.33. The second-order valence-corrected chi connectivity index (χ2v) is 9.84. The van der Waals surface area contributed by atoms with Crippen molar-refractivity contribution in [2.45, 2.75) is 25.3 Å². The summed E-state index contributed by atoms with van der Waals surface area (Å²) >= 11 is 0. The highest BCUT2D eigenvalue weighted by Crippen LogP contribution is 2.24. The second-order valence-electron chi connectivity index (χ2n) is 8.06. The SMILES string of the molecule is COc1ccccc1NC(=O)c1ccc(NC(=O)CCN2CCCC(NS(C)(=O)=O)C2)cc1. The highest BCUT2D eigenvalue weighted by atomic mass is 32.2. The van der Waals surface area contributed by atoms with Crippen molar-refractivity contribution in [3.63, 3.8) is 0 Å². The fourth-order valence-corrected chi connectivity index (χ4v) is 4.59. The summed E-state index contributed by atoms with van der Waals surface area (Å²) in [6.07, 6.45) is 3.13. The van der Waals surface area contributed by atoms with Crippen LogP contribution in [0.25, 0.3) is 0 Å². The summed E-state index contributed by atoms with van der Waals surface area (Å²) in [5.41, 5.74) is 1.63. The molecule has 1 saturated heterocycles. The first-order valence-electron chi connectivity index (χ1n) is 10.8. The van der Waals surface area contributed by atoms with Gasteiger partial charge in [0.25, 0.3) is 5.91 Å². The zero-order chi connectivity index (χ0) is 23.8. The maximum Gasteiger partial charge on any atom is 0.255 e. The lowest BCUT2D eigenvalue weighted by atomic mass is 10.1. The van der Waals surface area contributed by atoms with Gasteiger partial charge in [-0.05, 0) is 55.8 Å². The van der Waals surface area contributed by atoms with Crippen molar-refractivity contribution in [3.8, 4) is 5.75 Å². The molecule has 1 unspecified atom stereocenters. The van der Waals surface area contributed by atoms with Crippen LogP contribution in [0.4, 0.5) is 11.4 Å². The lowest BCUT2D eigenvalue weighted by molar-refractivity contribution is -0.116. The average Bonchev–Trinajstić information content (AvgIpc) is 2.77. The van der Waals surface area contributed by atoms with Gasteiger partial charge in [-0.1, -0.05) is 12.1 Å². The van der Waals surface area contributed by atoms with Gasteiger partial charge in [0.1, 0.15) is 5.75 Å². The lowest BCUT2D eigenvalue weighted by Crippen LogP contribution is -2.47. The van der Waals surface area contributed by atoms with E-state index in [1.807, 2.05) is 12.1 Å². The number of ether oxygens (including phenoxy) is 1. The zero-order valence-corrected chi connectivity index (χ0v) is 19.7. The summed E-state index contributed by atoms with van der Waals surface area (Å²) in [5.74, 6) is 0.154. The number of nitrogens with zero attached hydrogens (tertiary/aromatic N) is 1. The van der Waals surface area contributed by atoms with Crippen LogP contribution in [0.15, 0.2) is 48.5 Å². The van der Waals surface area contributed by atoms with E-state index in [2.05, 4.69) is 20.3 Å². The predicted molar refractivity (Wildman–Crippen MR) is 128 cm³/mol. The van der Waals surface area contributed by atoms with Gasteiger partial charge in [0, 0.05) is 36.8 Å². The number of sulfonamides is 1. The molecule has 2 aromatic carbocycles. The van der Waals surface area contributed by atoms with Gasteiger partial charge in [-0.15, -0.1) is 0 Å². The van der Waals surface area contributed by atoms with E-state index in [4.69, 9.17) is 4.74 Å². The molecule has 0 saturated carbocycles. The fourth-order valence-electron chi connectivity index (χ4n) is 3.79. The molecule has 3 rings (SSSR count). The van der Waals surface area contributed by atoms with Crippen LogP contribution < -0.4 is 20.1 Å². The van der Waals surface area contributed by atoms with Gasteiger partial charge in [-0.2, -0.15) is 0 Å². The molecule has 0 spiro atoms. The summed E-state index contributed by atoms with van der Waals surface area (Å²) in [7, 11) is -1.70. The topological polar surface area (TPSA) is 117 Å². The van der Waals surface area contributed by atoms with E-state index in [0.29, 0.717) is 42.2 Å². The molecule has 10 heteroatoms. The monoisotopic (exact) mass is 474 g/mol. The minimum Gasteiger partial charge on any atom is -0.495 e. The third-order valence-corrected chi connectivity index (χ3v) is 6.09. The number of carbonyl (C=O) groups is 2. The first-order valence-corrected chi connectivity index (χ1v) is 12.7. The Labute approximate surface area is 194 Å². The van der Waals surface area contributed by atoms with Gasteiger partial charge >= 0.3 is 0 Å². The Morgan fingerprint density at radius 2 is 1.82 bits per heavy atom. The number of methoxy groups -OCH3 is 1. The van der Waals surface area contributed by atoms with Crippen molar-refractivity contribution in [1.29, 1.82) is 0 Å². The molecule has 9 nitrogen and oxygen atoms in total. The first-order chi connectivity index (χ1) is 15.7. The number of hydrogen-bond donors (Lipinski definition) is 3. The smallest absolute Gasteiger partial charge is 0.255 e. The number of para-hydroxylation sites is 2. The highest BCUT2D eigenvalue weighted by molar-refractivity contribution is 7.88. The Morgan fingerprint density at radius 1 is 1.09 bits per heavy atom. The molecule has 178 valence electrons. The van der Waals surface area contributed by atoms with Crippen LogP contribution in [0.3, 0.4) is 0 Å². The van der Waals surface area contributed by atoms with Crippen molar-refractivity contribution in [1.82, 2.24) is 9.62 Å². The van der Waals surface area contributed by atoms with Gasteiger partial charge in [0.05, 0.1) is 19.1 Å². The minimum atomic E-state index is -3.24. The maximum absolute atomic E-state index is 12.5. The van der Waals surface area contributed by atoms with Crippen LogP contribution in [-0.4, -0.2) is 64.2 Å². The average molecular weight is 475 g/mol. The van der Waals surface area contributed by atoms with Gasteiger partial charge in [-0.25, -0.2) is 13.1 Å². The molecule has 1 fully saturated rings. The molecule has 1 heterocycles. The number of anilines is 2. The molecule has 0 aromatic heterocycles. The maximum atomic E-state index is 12.5. The third kappa shape index (κ3) is 7.85. The van der Waals surface area contributed by atoms with Crippen LogP contribution in [-0.2, 0) is 14.8 Å². The Morgan fingerprint density at radius 3 is 2.52 bits per heavy atom. The number of rotatable bonds is 9. The van der Waals surface area contributed by atoms with Crippen molar-refractivity contribution in [3.05, 3.63) is 54.1 Å². The van der Waals surface area contributed by atoms with Crippen LogP contribution in [0.1, 0.15) is 29.6 Å². The molecule has 2 amide bonds. The molecule has 2 aromatic rings. The van der Waals surface area contributed by atoms with Crippen molar-refractivity contribution in [2.75, 3.05) is 43.6 Å². The van der Waals surface area contributed by atoms with Crippen LogP contribution in [0, 0.1) is 0 Å². The number of piperidine rings is 1. The number of amides is 2. The number of benzene rings is 2. The fraction of sp³-hybridized carbons (Fsp3) is 0.391. The number of likely N-dealkylation sites (tertiary alicyclic amines) is 1. The Hall–Kier alpha value is -2.95. The molecular weight excluding hydrogens is 444 g/mol. The van der Waals surface area contributed by atoms with Gasteiger partial charge in [-0.3, -0.25) is 9.59 Å². The quantitative estimate of drug-likeness (QED) is 0.513. The molecular formula is C23H30N4O5S. The summed E-state index contributed by atoms with van der Waals surface area (Å²) in [5, 5.41) is 5.65. The Bertz CT molecular complexity index is 1070. The van der Waals surface area contributed by atoms with E-state index in [1.54, 1.807) is 43.5 Å². The van der Waals surface area contributed by atoms with Gasteiger partial charge in [0.15, 0.2) is 0 Å². The van der Waals surface area contributed by atoms with E-state index in [-0.39, 0.29) is 17.9 Å². The summed E-state index contributed by atoms with van der Waals surface area (Å²) in [4.78, 5) is 27.0. The first kappa shape index (κ1) is 24.7. The molecule has 1 aliphatic heterocycles. The highest BCUT2D eigenvalue weighted by Gasteiger charge is 2.22. The van der Waals surface area contributed by atoms with E-state index in [0.717, 1.165) is 25.6 Å². The second kappa shape index (κ2) is 11.3. The van der Waals surface area contributed by atoms with Crippen LogP contribution in [0.5, 0.6) is 5.75 Å². The van der Waals surface area contributed by atoms with Crippen molar-refractivity contribution >= 4 is 33.2 Å². The van der Waals surface area contributed by atoms with E-state index >= 15 is 0 Å². The lowest BCUT2D eigenvalue weighted by Gasteiger charge is -2.32. The molecule has 3 N–H and O–H groups in total. The zero-order valence-electron chi connectivity index (χ0n) is 18.8. The van der Waals surface area contributed by atoms with Crippen LogP contribution in [0.2, 0.25) is 0 Å². The Balaban J connectivity index is 1.47.